The molecule has 0 aromatic heterocycles. The summed E-state index contributed by atoms with van der Waals surface area (Å²) in [6, 6.07) is 0. The summed E-state index contributed by atoms with van der Waals surface area (Å²) in [5.74, 6) is 0.600. The van der Waals surface area contributed by atoms with Gasteiger partial charge in [0.1, 0.15) is 0 Å². The van der Waals surface area contributed by atoms with Crippen molar-refractivity contribution < 1.29 is 18.5 Å². The molecule has 1 aliphatic carbocycles. The van der Waals surface area contributed by atoms with Gasteiger partial charge in [-0.25, -0.2) is 4.57 Å². The molecular weight excluding hydrogens is 239 g/mol. The Morgan fingerprint density at radius 1 is 1.24 bits per heavy atom. The molecule has 4 atom stereocenters. The molecule has 1 aliphatic heterocycles. The van der Waals surface area contributed by atoms with Gasteiger partial charge >= 0.3 is 7.82 Å². The zero-order valence-corrected chi connectivity index (χ0v) is 11.8. The number of phosphoric acid groups is 1. The van der Waals surface area contributed by atoms with Gasteiger partial charge in [-0.15, -0.1) is 0 Å². The monoisotopic (exact) mass is 262 g/mol. The Hall–Kier alpha value is 0.110. The Kier molecular flexibility index (Phi) is 3.71. The van der Waals surface area contributed by atoms with E-state index in [-0.39, 0.29) is 17.6 Å². The van der Waals surface area contributed by atoms with Crippen LogP contribution in [0, 0.1) is 11.3 Å². The largest absolute Gasteiger partial charge is 0.472 e. The van der Waals surface area contributed by atoms with Crippen LogP contribution in [0.5, 0.6) is 0 Å². The number of rotatable bonds is 0. The molecule has 2 fully saturated rings. The van der Waals surface area contributed by atoms with E-state index in [1.807, 2.05) is 0 Å². The molecule has 4 nitrogen and oxygen atoms in total. The molecule has 5 heteroatoms. The minimum Gasteiger partial charge on any atom is -0.302 e. The van der Waals surface area contributed by atoms with Crippen molar-refractivity contribution in [2.75, 3.05) is 0 Å². The SMILES string of the molecule is CC1CCCC2CC(CC1(C)C)OP(=O)(O)O2. The Morgan fingerprint density at radius 3 is 2.59 bits per heavy atom. The molecule has 2 bridgehead atoms. The summed E-state index contributed by atoms with van der Waals surface area (Å²) >= 11 is 0. The van der Waals surface area contributed by atoms with Crippen LogP contribution in [0.4, 0.5) is 0 Å². The maximum Gasteiger partial charge on any atom is 0.472 e. The second kappa shape index (κ2) is 4.65. The van der Waals surface area contributed by atoms with Gasteiger partial charge in [-0.2, -0.15) is 0 Å². The van der Waals surface area contributed by atoms with Crippen LogP contribution < -0.4 is 0 Å². The molecule has 0 spiro atoms. The number of phosphoric ester groups is 1. The first-order valence-corrected chi connectivity index (χ1v) is 7.98. The standard InChI is InChI=1S/C12H23O4P/c1-9-5-4-6-10-7-11(8-12(9,2)3)16-17(13,14)15-10/h9-11H,4-8H2,1-3H3,(H,13,14). The molecule has 4 unspecified atom stereocenters. The highest BCUT2D eigenvalue weighted by atomic mass is 31.2. The van der Waals surface area contributed by atoms with Crippen LogP contribution in [0.2, 0.25) is 0 Å². The van der Waals surface area contributed by atoms with E-state index in [0.29, 0.717) is 5.92 Å². The maximum absolute atomic E-state index is 11.6. The van der Waals surface area contributed by atoms with Crippen LogP contribution >= 0.6 is 7.82 Å². The van der Waals surface area contributed by atoms with Gasteiger partial charge in [0.25, 0.3) is 0 Å². The average Bonchev–Trinajstić information content (AvgIpc) is 2.15. The summed E-state index contributed by atoms with van der Waals surface area (Å²) in [4.78, 5) is 9.54. The minimum atomic E-state index is -3.81. The van der Waals surface area contributed by atoms with Gasteiger partial charge in [-0.3, -0.25) is 9.05 Å². The fraction of sp³-hybridized carbons (Fsp3) is 1.00. The summed E-state index contributed by atoms with van der Waals surface area (Å²) < 4.78 is 22.0. The third kappa shape index (κ3) is 3.31. The predicted octanol–water partition coefficient (Wildman–Crippen LogP) is 3.50. The van der Waals surface area contributed by atoms with Gasteiger partial charge < -0.3 is 4.89 Å². The first kappa shape index (κ1) is 13.5. The Bertz CT molecular complexity index is 328. The molecule has 0 aromatic rings. The van der Waals surface area contributed by atoms with Gasteiger partial charge in [0.05, 0.1) is 12.2 Å². The summed E-state index contributed by atoms with van der Waals surface area (Å²) in [6.45, 7) is 6.70. The van der Waals surface area contributed by atoms with Crippen molar-refractivity contribution in [1.82, 2.24) is 0 Å². The van der Waals surface area contributed by atoms with Crippen LogP contribution in [-0.4, -0.2) is 17.1 Å². The highest BCUT2D eigenvalue weighted by molar-refractivity contribution is 7.47. The van der Waals surface area contributed by atoms with Crippen LogP contribution in [0.3, 0.4) is 0 Å². The molecule has 1 saturated heterocycles. The van der Waals surface area contributed by atoms with Crippen molar-refractivity contribution in [2.45, 2.75) is 65.1 Å². The van der Waals surface area contributed by atoms with Gasteiger partial charge in [0, 0.05) is 6.42 Å². The first-order valence-electron chi connectivity index (χ1n) is 6.48. The zero-order valence-electron chi connectivity index (χ0n) is 10.9. The van der Waals surface area contributed by atoms with E-state index in [0.717, 1.165) is 32.1 Å². The highest BCUT2D eigenvalue weighted by Crippen LogP contribution is 2.54. The minimum absolute atomic E-state index is 0.106. The number of hydrogen-bond acceptors (Lipinski definition) is 3. The molecule has 100 valence electrons. The number of hydrogen-bond donors (Lipinski definition) is 1. The van der Waals surface area contributed by atoms with E-state index >= 15 is 0 Å². The first-order chi connectivity index (χ1) is 7.78. The Morgan fingerprint density at radius 2 is 1.88 bits per heavy atom. The lowest BCUT2D eigenvalue weighted by Gasteiger charge is -2.37. The Balaban J connectivity index is 2.17. The third-order valence-corrected chi connectivity index (χ3v) is 5.47. The van der Waals surface area contributed by atoms with E-state index in [2.05, 4.69) is 20.8 Å². The summed E-state index contributed by atoms with van der Waals surface area (Å²) in [5.41, 5.74) is 0.150. The molecule has 1 saturated carbocycles. The topological polar surface area (TPSA) is 55.8 Å². The van der Waals surface area contributed by atoms with Crippen LogP contribution in [-0.2, 0) is 13.6 Å². The Labute approximate surface area is 103 Å². The molecule has 2 aliphatic rings. The lowest BCUT2D eigenvalue weighted by atomic mass is 9.74. The van der Waals surface area contributed by atoms with Crippen molar-refractivity contribution in [1.29, 1.82) is 0 Å². The second-order valence-corrected chi connectivity index (χ2v) is 7.54. The second-order valence-electron chi connectivity index (χ2n) is 6.18. The van der Waals surface area contributed by atoms with E-state index in [9.17, 15) is 9.46 Å². The van der Waals surface area contributed by atoms with Gasteiger partial charge in [-0.05, 0) is 24.2 Å². The normalized spacial score (nSPS) is 46.7. The molecule has 1 heterocycles. The van der Waals surface area contributed by atoms with Crippen molar-refractivity contribution in [2.24, 2.45) is 11.3 Å². The maximum atomic E-state index is 11.6. The van der Waals surface area contributed by atoms with Gasteiger partial charge in [0.2, 0.25) is 0 Å². The fourth-order valence-electron chi connectivity index (χ4n) is 2.90. The third-order valence-electron chi connectivity index (χ3n) is 4.34. The zero-order chi connectivity index (χ0) is 12.7. The highest BCUT2D eigenvalue weighted by Gasteiger charge is 2.41. The average molecular weight is 262 g/mol. The molecule has 0 radical (unpaired) electrons. The summed E-state index contributed by atoms with van der Waals surface area (Å²) in [7, 11) is -3.81. The number of fused-ring (bicyclic) bond motifs is 2. The van der Waals surface area contributed by atoms with E-state index in [1.54, 1.807) is 0 Å². The molecular formula is C12H23O4P. The molecule has 0 aromatic carbocycles. The van der Waals surface area contributed by atoms with E-state index < -0.39 is 7.82 Å². The van der Waals surface area contributed by atoms with Crippen molar-refractivity contribution in [3.8, 4) is 0 Å². The molecule has 17 heavy (non-hydrogen) atoms. The van der Waals surface area contributed by atoms with Crippen molar-refractivity contribution in [3.05, 3.63) is 0 Å². The quantitative estimate of drug-likeness (QED) is 0.679. The van der Waals surface area contributed by atoms with Crippen LogP contribution in [0.25, 0.3) is 0 Å². The van der Waals surface area contributed by atoms with Gasteiger partial charge in [0.15, 0.2) is 0 Å². The van der Waals surface area contributed by atoms with Crippen LogP contribution in [0.15, 0.2) is 0 Å². The lowest BCUT2D eigenvalue weighted by molar-refractivity contribution is -0.0163. The van der Waals surface area contributed by atoms with Gasteiger partial charge in [-0.1, -0.05) is 33.6 Å². The molecule has 0 amide bonds. The van der Waals surface area contributed by atoms with E-state index in [1.165, 1.54) is 0 Å². The lowest BCUT2D eigenvalue weighted by Crippen LogP contribution is -2.32. The fourth-order valence-corrected chi connectivity index (χ4v) is 4.06. The predicted molar refractivity (Wildman–Crippen MR) is 65.6 cm³/mol. The summed E-state index contributed by atoms with van der Waals surface area (Å²) in [5, 5.41) is 0. The van der Waals surface area contributed by atoms with E-state index in [4.69, 9.17) is 9.05 Å². The smallest absolute Gasteiger partial charge is 0.302 e. The van der Waals surface area contributed by atoms with Crippen molar-refractivity contribution in [3.63, 3.8) is 0 Å². The molecule has 2 rings (SSSR count). The van der Waals surface area contributed by atoms with Crippen molar-refractivity contribution >= 4 is 7.82 Å². The summed E-state index contributed by atoms with van der Waals surface area (Å²) in [6.07, 6.45) is 4.41. The molecule has 1 N–H and O–H groups in total. The van der Waals surface area contributed by atoms with Crippen LogP contribution in [0.1, 0.15) is 52.9 Å².